The Morgan fingerprint density at radius 1 is 1.60 bits per heavy atom. The summed E-state index contributed by atoms with van der Waals surface area (Å²) >= 11 is 1.62. The zero-order chi connectivity index (χ0) is 14.6. The van der Waals surface area contributed by atoms with Gasteiger partial charge >= 0.3 is 0 Å². The maximum Gasteiger partial charge on any atom is 0.191 e. The fourth-order valence-corrected chi connectivity index (χ4v) is 4.45. The van der Waals surface area contributed by atoms with E-state index >= 15 is 0 Å². The van der Waals surface area contributed by atoms with E-state index < -0.39 is 9.84 Å². The van der Waals surface area contributed by atoms with Crippen molar-refractivity contribution in [1.29, 1.82) is 0 Å². The van der Waals surface area contributed by atoms with E-state index in [1.54, 1.807) is 11.3 Å². The molecule has 2 heterocycles. The zero-order valence-corrected chi connectivity index (χ0v) is 13.4. The van der Waals surface area contributed by atoms with E-state index in [2.05, 4.69) is 20.6 Å². The Hall–Kier alpha value is -1.15. The summed E-state index contributed by atoms with van der Waals surface area (Å²) in [6.07, 6.45) is 2.47. The number of nitrogens with zero attached hydrogens (tertiary/aromatic N) is 2. The number of rotatable bonds is 4. The lowest BCUT2D eigenvalue weighted by molar-refractivity contribution is 0.599. The van der Waals surface area contributed by atoms with Crippen LogP contribution in [0.4, 0.5) is 0 Å². The van der Waals surface area contributed by atoms with Crippen molar-refractivity contribution >= 4 is 27.1 Å². The van der Waals surface area contributed by atoms with Crippen LogP contribution >= 0.6 is 11.3 Å². The van der Waals surface area contributed by atoms with Gasteiger partial charge in [-0.15, -0.1) is 11.3 Å². The van der Waals surface area contributed by atoms with Gasteiger partial charge in [0.05, 0.1) is 23.1 Å². The molecule has 1 aromatic rings. The van der Waals surface area contributed by atoms with Crippen LogP contribution in [-0.2, 0) is 16.4 Å². The fraction of sp³-hybridized carbons (Fsp3) is 0.667. The molecular weight excluding hydrogens is 296 g/mol. The SMILES string of the molecule is CCNC(=NCc1cnc(C)s1)NC1CCS(=O)(=O)C1. The van der Waals surface area contributed by atoms with E-state index in [1.807, 2.05) is 20.0 Å². The normalized spacial score (nSPS) is 21.9. The van der Waals surface area contributed by atoms with Gasteiger partial charge in [0, 0.05) is 23.7 Å². The lowest BCUT2D eigenvalue weighted by atomic mass is 10.3. The molecule has 1 unspecified atom stereocenters. The van der Waals surface area contributed by atoms with E-state index in [-0.39, 0.29) is 17.5 Å². The van der Waals surface area contributed by atoms with Crippen molar-refractivity contribution in [3.63, 3.8) is 0 Å². The number of thiazole rings is 1. The second kappa shape index (κ2) is 6.53. The highest BCUT2D eigenvalue weighted by Gasteiger charge is 2.28. The van der Waals surface area contributed by atoms with E-state index in [0.29, 0.717) is 18.9 Å². The topological polar surface area (TPSA) is 83.4 Å². The Morgan fingerprint density at radius 2 is 2.40 bits per heavy atom. The highest BCUT2D eigenvalue weighted by Crippen LogP contribution is 2.13. The molecule has 6 nitrogen and oxygen atoms in total. The van der Waals surface area contributed by atoms with Crippen LogP contribution in [0.1, 0.15) is 23.2 Å². The van der Waals surface area contributed by atoms with Gasteiger partial charge in [-0.1, -0.05) is 0 Å². The number of hydrogen-bond acceptors (Lipinski definition) is 5. The van der Waals surface area contributed by atoms with Gasteiger partial charge in [0.1, 0.15) is 0 Å². The second-order valence-corrected chi connectivity index (χ2v) is 8.33. The summed E-state index contributed by atoms with van der Waals surface area (Å²) in [5, 5.41) is 7.36. The predicted octanol–water partition coefficient (Wildman–Crippen LogP) is 0.694. The minimum atomic E-state index is -2.87. The molecule has 1 fully saturated rings. The number of hydrogen-bond donors (Lipinski definition) is 2. The number of sulfone groups is 1. The third-order valence-electron chi connectivity index (χ3n) is 2.98. The molecule has 0 bridgehead atoms. The number of aryl methyl sites for hydroxylation is 1. The lowest BCUT2D eigenvalue weighted by Gasteiger charge is -2.15. The van der Waals surface area contributed by atoms with Crippen molar-refractivity contribution in [2.75, 3.05) is 18.1 Å². The van der Waals surface area contributed by atoms with Crippen molar-refractivity contribution in [3.8, 4) is 0 Å². The van der Waals surface area contributed by atoms with Gasteiger partial charge < -0.3 is 10.6 Å². The largest absolute Gasteiger partial charge is 0.357 e. The number of aromatic nitrogens is 1. The highest BCUT2D eigenvalue weighted by atomic mass is 32.2. The monoisotopic (exact) mass is 316 g/mol. The van der Waals surface area contributed by atoms with Gasteiger partial charge in [0.25, 0.3) is 0 Å². The van der Waals surface area contributed by atoms with Crippen LogP contribution in [0, 0.1) is 6.92 Å². The molecule has 0 aliphatic carbocycles. The molecule has 0 radical (unpaired) electrons. The Bertz CT molecular complexity index is 580. The average molecular weight is 316 g/mol. The summed E-state index contributed by atoms with van der Waals surface area (Å²) in [6.45, 7) is 5.25. The third-order valence-corrected chi connectivity index (χ3v) is 5.65. The first-order valence-electron chi connectivity index (χ1n) is 6.65. The molecule has 2 rings (SSSR count). The summed E-state index contributed by atoms with van der Waals surface area (Å²) in [6, 6.07) is -0.0407. The molecule has 20 heavy (non-hydrogen) atoms. The summed E-state index contributed by atoms with van der Waals surface area (Å²) in [5.41, 5.74) is 0. The van der Waals surface area contributed by atoms with Crippen LogP contribution in [0.15, 0.2) is 11.2 Å². The first-order chi connectivity index (χ1) is 9.48. The molecule has 8 heteroatoms. The molecule has 2 N–H and O–H groups in total. The van der Waals surface area contributed by atoms with Crippen LogP contribution < -0.4 is 10.6 Å². The second-order valence-electron chi connectivity index (χ2n) is 4.79. The molecule has 1 aliphatic heterocycles. The predicted molar refractivity (Wildman–Crippen MR) is 81.9 cm³/mol. The summed E-state index contributed by atoms with van der Waals surface area (Å²) in [5.74, 6) is 1.12. The van der Waals surface area contributed by atoms with Crippen LogP contribution in [0.25, 0.3) is 0 Å². The number of nitrogens with one attached hydrogen (secondary N) is 2. The highest BCUT2D eigenvalue weighted by molar-refractivity contribution is 7.91. The van der Waals surface area contributed by atoms with Crippen molar-refractivity contribution in [2.24, 2.45) is 4.99 Å². The van der Waals surface area contributed by atoms with E-state index in [9.17, 15) is 8.42 Å². The fourth-order valence-electron chi connectivity index (χ4n) is 2.06. The van der Waals surface area contributed by atoms with Crippen LogP contribution in [-0.4, -0.2) is 43.5 Å². The van der Waals surface area contributed by atoms with E-state index in [4.69, 9.17) is 0 Å². The van der Waals surface area contributed by atoms with Gasteiger partial charge in [-0.2, -0.15) is 0 Å². The first-order valence-corrected chi connectivity index (χ1v) is 9.29. The molecule has 0 saturated carbocycles. The molecule has 1 aromatic heterocycles. The van der Waals surface area contributed by atoms with Crippen molar-refractivity contribution < 1.29 is 8.42 Å². The zero-order valence-electron chi connectivity index (χ0n) is 11.7. The minimum Gasteiger partial charge on any atom is -0.357 e. The summed E-state index contributed by atoms with van der Waals surface area (Å²) in [7, 11) is -2.87. The van der Waals surface area contributed by atoms with Gasteiger partial charge in [0.15, 0.2) is 15.8 Å². The molecule has 0 amide bonds. The van der Waals surface area contributed by atoms with Crippen molar-refractivity contribution in [2.45, 2.75) is 32.9 Å². The van der Waals surface area contributed by atoms with Crippen LogP contribution in [0.2, 0.25) is 0 Å². The molecule has 0 aromatic carbocycles. The Morgan fingerprint density at radius 3 is 2.95 bits per heavy atom. The number of aliphatic imine (C=N–C) groups is 1. The van der Waals surface area contributed by atoms with Crippen LogP contribution in [0.5, 0.6) is 0 Å². The molecule has 1 aliphatic rings. The first kappa shape index (κ1) is 15.2. The number of guanidine groups is 1. The Labute approximate surface area is 123 Å². The van der Waals surface area contributed by atoms with Crippen LogP contribution in [0.3, 0.4) is 0 Å². The molecular formula is C12H20N4O2S2. The molecule has 112 valence electrons. The molecule has 0 spiro atoms. The maximum atomic E-state index is 11.5. The quantitative estimate of drug-likeness (QED) is 0.631. The Balaban J connectivity index is 1.96. The summed E-state index contributed by atoms with van der Waals surface area (Å²) < 4.78 is 22.9. The van der Waals surface area contributed by atoms with Gasteiger partial charge in [-0.25, -0.2) is 18.4 Å². The van der Waals surface area contributed by atoms with Gasteiger partial charge in [0.2, 0.25) is 0 Å². The smallest absolute Gasteiger partial charge is 0.191 e. The minimum absolute atomic E-state index is 0.0407. The van der Waals surface area contributed by atoms with E-state index in [0.717, 1.165) is 16.4 Å². The maximum absolute atomic E-state index is 11.5. The van der Waals surface area contributed by atoms with Gasteiger partial charge in [-0.3, -0.25) is 0 Å². The third kappa shape index (κ3) is 4.45. The standard InChI is InChI=1S/C12H20N4O2S2/c1-3-13-12(15-7-11-6-14-9(2)19-11)16-10-4-5-20(17,18)8-10/h6,10H,3-5,7-8H2,1-2H3,(H2,13,15,16). The average Bonchev–Trinajstić information content (AvgIpc) is 2.93. The summed E-state index contributed by atoms with van der Waals surface area (Å²) in [4.78, 5) is 9.77. The van der Waals surface area contributed by atoms with Gasteiger partial charge in [-0.05, 0) is 20.3 Å². The molecule has 1 saturated heterocycles. The molecule has 1 atom stereocenters. The van der Waals surface area contributed by atoms with Crippen molar-refractivity contribution in [1.82, 2.24) is 15.6 Å². The Kier molecular flexibility index (Phi) is 4.98. The van der Waals surface area contributed by atoms with E-state index in [1.165, 1.54) is 0 Å². The lowest BCUT2D eigenvalue weighted by Crippen LogP contribution is -2.44. The van der Waals surface area contributed by atoms with Crippen molar-refractivity contribution in [3.05, 3.63) is 16.1 Å².